The topological polar surface area (TPSA) is 96.6 Å². The minimum absolute atomic E-state index is 0.0503. The molecule has 0 aliphatic rings. The van der Waals surface area contributed by atoms with E-state index in [0.717, 1.165) is 24.3 Å². The zero-order chi connectivity index (χ0) is 17.2. The van der Waals surface area contributed by atoms with Gasteiger partial charge >= 0.3 is 0 Å². The molecule has 23 heavy (non-hydrogen) atoms. The average Bonchev–Trinajstić information content (AvgIpc) is 2.59. The number of benzene rings is 1. The van der Waals surface area contributed by atoms with Gasteiger partial charge in [0, 0.05) is 25.3 Å². The van der Waals surface area contributed by atoms with E-state index in [9.17, 15) is 9.90 Å². The van der Waals surface area contributed by atoms with Gasteiger partial charge in [-0.15, -0.1) is 0 Å². The maximum Gasteiger partial charge on any atom is 0.262 e. The van der Waals surface area contributed by atoms with Gasteiger partial charge in [0.05, 0.1) is 12.7 Å². The highest BCUT2D eigenvalue weighted by molar-refractivity contribution is 6.01. The van der Waals surface area contributed by atoms with Crippen molar-refractivity contribution >= 4 is 17.7 Å². The first-order valence-corrected chi connectivity index (χ1v) is 7.59. The predicted molar refractivity (Wildman–Crippen MR) is 89.7 cm³/mol. The fraction of sp³-hybridized carbons (Fsp3) is 0.412. The van der Waals surface area contributed by atoms with Crippen molar-refractivity contribution in [2.75, 3.05) is 31.1 Å². The molecule has 0 aromatic heterocycles. The first kappa shape index (κ1) is 18.7. The Morgan fingerprint density at radius 2 is 1.96 bits per heavy atom. The van der Waals surface area contributed by atoms with Crippen LogP contribution in [0.2, 0.25) is 0 Å². The lowest BCUT2D eigenvalue weighted by Gasteiger charge is -2.20. The number of hydrogen-bond acceptors (Lipinski definition) is 5. The molecule has 1 amide bonds. The summed E-state index contributed by atoms with van der Waals surface area (Å²) in [7, 11) is 0. The maximum atomic E-state index is 11.9. The van der Waals surface area contributed by atoms with Crippen LogP contribution in [0.1, 0.15) is 19.4 Å². The van der Waals surface area contributed by atoms with Crippen LogP contribution < -0.4 is 10.2 Å². The van der Waals surface area contributed by atoms with Crippen molar-refractivity contribution in [3.8, 4) is 6.07 Å². The van der Waals surface area contributed by atoms with Crippen LogP contribution >= 0.6 is 0 Å². The summed E-state index contributed by atoms with van der Waals surface area (Å²) >= 11 is 0. The molecule has 0 aliphatic heterocycles. The summed E-state index contributed by atoms with van der Waals surface area (Å²) in [4.78, 5) is 14.1. The molecule has 1 rings (SSSR count). The van der Waals surface area contributed by atoms with Crippen LogP contribution in [0, 0.1) is 11.3 Å². The number of aliphatic hydroxyl groups excluding tert-OH is 2. The number of aliphatic hydroxyl groups is 2. The molecule has 0 aliphatic carbocycles. The Balaban J connectivity index is 2.82. The van der Waals surface area contributed by atoms with Gasteiger partial charge in [-0.05, 0) is 37.6 Å². The van der Waals surface area contributed by atoms with Crippen molar-refractivity contribution < 1.29 is 15.0 Å². The van der Waals surface area contributed by atoms with Crippen LogP contribution in [0.15, 0.2) is 29.8 Å². The summed E-state index contributed by atoms with van der Waals surface area (Å²) in [6.07, 6.45) is 0.458. The summed E-state index contributed by atoms with van der Waals surface area (Å²) in [5.41, 5.74) is 1.78. The number of hydrogen-bond donors (Lipinski definition) is 3. The SMILES string of the molecule is CCN(CC)c1ccc(/C=C(\C#N)C(=O)NCC(O)CO)cc1. The standard InChI is InChI=1S/C17H23N3O3/c1-3-20(4-2)15-7-5-13(6-8-15)9-14(10-18)17(23)19-11-16(22)12-21/h5-9,16,21-22H,3-4,11-12H2,1-2H3,(H,19,23)/b14-9+. The third-order valence-corrected chi connectivity index (χ3v) is 3.41. The molecule has 1 atom stereocenters. The number of amides is 1. The molecular formula is C17H23N3O3. The van der Waals surface area contributed by atoms with Gasteiger partial charge in [0.1, 0.15) is 11.6 Å². The smallest absolute Gasteiger partial charge is 0.262 e. The molecule has 1 aromatic carbocycles. The van der Waals surface area contributed by atoms with E-state index in [-0.39, 0.29) is 12.1 Å². The van der Waals surface area contributed by atoms with E-state index < -0.39 is 18.6 Å². The normalized spacial score (nSPS) is 12.4. The second kappa shape index (κ2) is 9.62. The van der Waals surface area contributed by atoms with Gasteiger partial charge in [0.25, 0.3) is 5.91 Å². The van der Waals surface area contributed by atoms with Gasteiger partial charge in [-0.2, -0.15) is 5.26 Å². The van der Waals surface area contributed by atoms with Gasteiger partial charge in [0.2, 0.25) is 0 Å². The van der Waals surface area contributed by atoms with Gasteiger partial charge in [-0.3, -0.25) is 4.79 Å². The summed E-state index contributed by atoms with van der Waals surface area (Å²) in [6, 6.07) is 9.43. The third-order valence-electron chi connectivity index (χ3n) is 3.41. The van der Waals surface area contributed by atoms with E-state index in [2.05, 4.69) is 24.1 Å². The average molecular weight is 317 g/mol. The lowest BCUT2D eigenvalue weighted by Crippen LogP contribution is -2.34. The fourth-order valence-corrected chi connectivity index (χ4v) is 2.06. The Labute approximate surface area is 136 Å². The zero-order valence-electron chi connectivity index (χ0n) is 13.5. The number of rotatable bonds is 8. The number of nitrogens with zero attached hydrogens (tertiary/aromatic N) is 2. The number of carbonyl (C=O) groups is 1. The third kappa shape index (κ3) is 5.74. The van der Waals surface area contributed by atoms with Crippen LogP contribution in [0.25, 0.3) is 6.08 Å². The lowest BCUT2D eigenvalue weighted by molar-refractivity contribution is -0.117. The van der Waals surface area contributed by atoms with E-state index >= 15 is 0 Å². The fourth-order valence-electron chi connectivity index (χ4n) is 2.06. The molecule has 3 N–H and O–H groups in total. The molecule has 124 valence electrons. The quantitative estimate of drug-likeness (QED) is 0.489. The van der Waals surface area contributed by atoms with Crippen molar-refractivity contribution in [1.29, 1.82) is 5.26 Å². The minimum atomic E-state index is -1.03. The molecule has 0 heterocycles. The Morgan fingerprint density at radius 3 is 2.43 bits per heavy atom. The molecule has 0 fully saturated rings. The molecule has 0 radical (unpaired) electrons. The van der Waals surface area contributed by atoms with Gasteiger partial charge in [0.15, 0.2) is 0 Å². The molecule has 1 aromatic rings. The van der Waals surface area contributed by atoms with Crippen LogP contribution in [0.4, 0.5) is 5.69 Å². The van der Waals surface area contributed by atoms with E-state index in [1.54, 1.807) is 0 Å². The summed E-state index contributed by atoms with van der Waals surface area (Å²) in [5, 5.41) is 29.4. The van der Waals surface area contributed by atoms with Crippen molar-refractivity contribution in [3.63, 3.8) is 0 Å². The highest BCUT2D eigenvalue weighted by Crippen LogP contribution is 2.16. The van der Waals surface area contributed by atoms with E-state index in [1.807, 2.05) is 30.3 Å². The lowest BCUT2D eigenvalue weighted by atomic mass is 10.1. The summed E-state index contributed by atoms with van der Waals surface area (Å²) in [6.45, 7) is 5.43. The predicted octanol–water partition coefficient (Wildman–Crippen LogP) is 0.909. The minimum Gasteiger partial charge on any atom is -0.394 e. The van der Waals surface area contributed by atoms with Crippen LogP contribution in [0.3, 0.4) is 0 Å². The largest absolute Gasteiger partial charge is 0.394 e. The van der Waals surface area contributed by atoms with Crippen molar-refractivity contribution in [2.24, 2.45) is 0 Å². The molecule has 0 saturated carbocycles. The Kier molecular flexibility index (Phi) is 7.81. The highest BCUT2D eigenvalue weighted by Gasteiger charge is 2.11. The van der Waals surface area contributed by atoms with Crippen molar-refractivity contribution in [1.82, 2.24) is 5.32 Å². The van der Waals surface area contributed by atoms with Crippen molar-refractivity contribution in [2.45, 2.75) is 20.0 Å². The molecule has 0 spiro atoms. The summed E-state index contributed by atoms with van der Waals surface area (Å²) in [5.74, 6) is -0.576. The molecular weight excluding hydrogens is 294 g/mol. The molecule has 0 saturated heterocycles. The van der Waals surface area contributed by atoms with Gasteiger partial charge in [-0.25, -0.2) is 0 Å². The van der Waals surface area contributed by atoms with Gasteiger partial charge in [-0.1, -0.05) is 12.1 Å². The number of nitriles is 1. The van der Waals surface area contributed by atoms with Crippen LogP contribution in [-0.4, -0.2) is 48.5 Å². The highest BCUT2D eigenvalue weighted by atomic mass is 16.3. The van der Waals surface area contributed by atoms with E-state index in [1.165, 1.54) is 6.08 Å². The molecule has 6 heteroatoms. The molecule has 6 nitrogen and oxygen atoms in total. The summed E-state index contributed by atoms with van der Waals surface area (Å²) < 4.78 is 0. The van der Waals surface area contributed by atoms with Crippen LogP contribution in [-0.2, 0) is 4.79 Å². The Hall–Kier alpha value is -2.36. The second-order valence-electron chi connectivity index (χ2n) is 4.98. The Morgan fingerprint density at radius 1 is 1.35 bits per heavy atom. The maximum absolute atomic E-state index is 11.9. The number of carbonyl (C=O) groups excluding carboxylic acids is 1. The first-order valence-electron chi connectivity index (χ1n) is 7.59. The van der Waals surface area contributed by atoms with Crippen LogP contribution in [0.5, 0.6) is 0 Å². The number of nitrogens with one attached hydrogen (secondary N) is 1. The second-order valence-corrected chi connectivity index (χ2v) is 4.98. The van der Waals surface area contributed by atoms with Gasteiger partial charge < -0.3 is 20.4 Å². The monoisotopic (exact) mass is 317 g/mol. The molecule has 0 bridgehead atoms. The van der Waals surface area contributed by atoms with E-state index in [0.29, 0.717) is 0 Å². The number of anilines is 1. The van der Waals surface area contributed by atoms with E-state index in [4.69, 9.17) is 10.4 Å². The first-order chi connectivity index (χ1) is 11.0. The van der Waals surface area contributed by atoms with Crippen molar-refractivity contribution in [3.05, 3.63) is 35.4 Å². The molecule has 1 unspecified atom stereocenters. The zero-order valence-corrected chi connectivity index (χ0v) is 13.5. The Bertz CT molecular complexity index is 572.